The number of hydrogen-bond acceptors (Lipinski definition) is 2. The number of nitrogens with zero attached hydrogens (tertiary/aromatic N) is 2. The van der Waals surface area contributed by atoms with Crippen molar-refractivity contribution < 1.29 is 0 Å². The van der Waals surface area contributed by atoms with Crippen molar-refractivity contribution in [2.24, 2.45) is 0 Å². The molecule has 0 saturated carbocycles. The highest BCUT2D eigenvalue weighted by Crippen LogP contribution is 2.21. The molecule has 0 radical (unpaired) electrons. The van der Waals surface area contributed by atoms with Crippen molar-refractivity contribution in [3.63, 3.8) is 0 Å². The average molecular weight is 264 g/mol. The molecular weight excluding hydrogens is 246 g/mol. The third-order valence-electron chi connectivity index (χ3n) is 2.84. The van der Waals surface area contributed by atoms with Crippen LogP contribution in [0, 0.1) is 6.92 Å². The predicted molar refractivity (Wildman–Crippen MR) is 75.3 cm³/mol. The Bertz CT molecular complexity index is 532. The van der Waals surface area contributed by atoms with Crippen molar-refractivity contribution in [1.29, 1.82) is 0 Å². The van der Waals surface area contributed by atoms with Crippen LogP contribution < -0.4 is 5.32 Å². The molecule has 1 heterocycles. The number of nitrogens with one attached hydrogen (secondary N) is 1. The predicted octanol–water partition coefficient (Wildman–Crippen LogP) is 3.33. The number of benzene rings is 1. The summed E-state index contributed by atoms with van der Waals surface area (Å²) in [5.74, 6) is 0. The van der Waals surface area contributed by atoms with Crippen molar-refractivity contribution in [2.75, 3.05) is 0 Å². The molecule has 2 aromatic rings. The second-order valence-corrected chi connectivity index (χ2v) is 5.12. The fraction of sp³-hybridized carbons (Fsp3) is 0.357. The van der Waals surface area contributed by atoms with Gasteiger partial charge in [0.05, 0.1) is 11.9 Å². The summed E-state index contributed by atoms with van der Waals surface area (Å²) in [7, 11) is 0. The van der Waals surface area contributed by atoms with Gasteiger partial charge in [-0.15, -0.1) is 0 Å². The minimum atomic E-state index is 0.473. The van der Waals surface area contributed by atoms with E-state index in [1.165, 1.54) is 5.56 Å². The summed E-state index contributed by atoms with van der Waals surface area (Å²) in [4.78, 5) is 0. The highest BCUT2D eigenvalue weighted by molar-refractivity contribution is 6.31. The highest BCUT2D eigenvalue weighted by atomic mass is 35.5. The smallest absolute Gasteiger partial charge is 0.0689 e. The zero-order valence-corrected chi connectivity index (χ0v) is 11.7. The van der Waals surface area contributed by atoms with Gasteiger partial charge in [0.25, 0.3) is 0 Å². The summed E-state index contributed by atoms with van der Waals surface area (Å²) < 4.78 is 1.87. The number of rotatable bonds is 4. The van der Waals surface area contributed by atoms with Gasteiger partial charge in [-0.2, -0.15) is 5.10 Å². The molecule has 0 amide bonds. The van der Waals surface area contributed by atoms with Crippen LogP contribution in [0.2, 0.25) is 5.02 Å². The Labute approximate surface area is 113 Å². The van der Waals surface area contributed by atoms with E-state index >= 15 is 0 Å². The molecular formula is C14H18ClN3. The van der Waals surface area contributed by atoms with Gasteiger partial charge in [0, 0.05) is 29.4 Å². The lowest BCUT2D eigenvalue weighted by atomic mass is 10.2. The summed E-state index contributed by atoms with van der Waals surface area (Å²) in [5.41, 5.74) is 3.24. The SMILES string of the molecule is Cc1c(Cl)cccc1-n1cc(CNC(C)C)cn1. The van der Waals surface area contributed by atoms with E-state index < -0.39 is 0 Å². The molecule has 1 aromatic heterocycles. The maximum absolute atomic E-state index is 6.12. The Hall–Kier alpha value is -1.32. The van der Waals surface area contributed by atoms with E-state index in [0.29, 0.717) is 6.04 Å². The second kappa shape index (κ2) is 5.55. The Kier molecular flexibility index (Phi) is 4.04. The first-order chi connectivity index (χ1) is 8.58. The van der Waals surface area contributed by atoms with Gasteiger partial charge >= 0.3 is 0 Å². The number of halogens is 1. The number of aromatic nitrogens is 2. The second-order valence-electron chi connectivity index (χ2n) is 4.71. The van der Waals surface area contributed by atoms with E-state index in [9.17, 15) is 0 Å². The van der Waals surface area contributed by atoms with E-state index in [1.54, 1.807) is 0 Å². The first-order valence-electron chi connectivity index (χ1n) is 6.10. The Morgan fingerprint density at radius 1 is 1.39 bits per heavy atom. The van der Waals surface area contributed by atoms with Crippen LogP contribution >= 0.6 is 11.6 Å². The van der Waals surface area contributed by atoms with Gasteiger partial charge in [-0.25, -0.2) is 4.68 Å². The van der Waals surface area contributed by atoms with Crippen molar-refractivity contribution in [1.82, 2.24) is 15.1 Å². The van der Waals surface area contributed by atoms with Crippen molar-refractivity contribution >= 4 is 11.6 Å². The van der Waals surface area contributed by atoms with Crippen molar-refractivity contribution in [2.45, 2.75) is 33.4 Å². The Balaban J connectivity index is 2.21. The number of hydrogen-bond donors (Lipinski definition) is 1. The van der Waals surface area contributed by atoms with Gasteiger partial charge < -0.3 is 5.32 Å². The lowest BCUT2D eigenvalue weighted by molar-refractivity contribution is 0.589. The van der Waals surface area contributed by atoms with Gasteiger partial charge in [-0.3, -0.25) is 0 Å². The van der Waals surface area contributed by atoms with Crippen molar-refractivity contribution in [3.8, 4) is 5.69 Å². The maximum atomic E-state index is 6.12. The third-order valence-corrected chi connectivity index (χ3v) is 3.25. The first-order valence-corrected chi connectivity index (χ1v) is 6.48. The molecule has 0 aliphatic heterocycles. The highest BCUT2D eigenvalue weighted by Gasteiger charge is 2.06. The molecule has 96 valence electrons. The molecule has 3 nitrogen and oxygen atoms in total. The molecule has 4 heteroatoms. The zero-order chi connectivity index (χ0) is 13.1. The van der Waals surface area contributed by atoms with Crippen LogP contribution in [0.15, 0.2) is 30.6 Å². The van der Waals surface area contributed by atoms with Gasteiger partial charge in [0.15, 0.2) is 0 Å². The molecule has 0 atom stereocenters. The summed E-state index contributed by atoms with van der Waals surface area (Å²) >= 11 is 6.12. The molecule has 1 aromatic carbocycles. The topological polar surface area (TPSA) is 29.9 Å². The van der Waals surface area contributed by atoms with Gasteiger partial charge in [-0.1, -0.05) is 31.5 Å². The lowest BCUT2D eigenvalue weighted by Gasteiger charge is -2.07. The molecule has 18 heavy (non-hydrogen) atoms. The van der Waals surface area contributed by atoms with Gasteiger partial charge in [0.2, 0.25) is 0 Å². The largest absolute Gasteiger partial charge is 0.310 e. The molecule has 0 bridgehead atoms. The van der Waals surface area contributed by atoms with E-state index in [2.05, 4.69) is 24.3 Å². The Morgan fingerprint density at radius 3 is 2.89 bits per heavy atom. The molecule has 0 unspecified atom stereocenters. The molecule has 0 fully saturated rings. The fourth-order valence-corrected chi connectivity index (χ4v) is 1.92. The van der Waals surface area contributed by atoms with Gasteiger partial charge in [-0.05, 0) is 24.6 Å². The summed E-state index contributed by atoms with van der Waals surface area (Å²) in [6.07, 6.45) is 3.92. The summed E-state index contributed by atoms with van der Waals surface area (Å²) in [6.45, 7) is 7.10. The molecule has 0 aliphatic rings. The molecule has 0 aliphatic carbocycles. The quantitative estimate of drug-likeness (QED) is 0.917. The van der Waals surface area contributed by atoms with Crippen LogP contribution in [0.25, 0.3) is 5.69 Å². The van der Waals surface area contributed by atoms with E-state index in [1.807, 2.05) is 42.2 Å². The van der Waals surface area contributed by atoms with E-state index in [0.717, 1.165) is 22.8 Å². The molecule has 0 saturated heterocycles. The fourth-order valence-electron chi connectivity index (χ4n) is 1.75. The van der Waals surface area contributed by atoms with Crippen LogP contribution in [-0.2, 0) is 6.54 Å². The van der Waals surface area contributed by atoms with E-state index in [4.69, 9.17) is 11.6 Å². The normalized spacial score (nSPS) is 11.2. The van der Waals surface area contributed by atoms with E-state index in [-0.39, 0.29) is 0 Å². The molecule has 1 N–H and O–H groups in total. The van der Waals surface area contributed by atoms with Crippen LogP contribution in [0.4, 0.5) is 0 Å². The molecule has 2 rings (SSSR count). The van der Waals surface area contributed by atoms with Crippen LogP contribution in [-0.4, -0.2) is 15.8 Å². The van der Waals surface area contributed by atoms with Crippen LogP contribution in [0.1, 0.15) is 25.0 Å². The van der Waals surface area contributed by atoms with Gasteiger partial charge in [0.1, 0.15) is 0 Å². The minimum Gasteiger partial charge on any atom is -0.310 e. The first kappa shape index (κ1) is 13.1. The minimum absolute atomic E-state index is 0.473. The lowest BCUT2D eigenvalue weighted by Crippen LogP contribution is -2.21. The molecule has 0 spiro atoms. The maximum Gasteiger partial charge on any atom is 0.0689 e. The van der Waals surface area contributed by atoms with Crippen LogP contribution in [0.3, 0.4) is 0 Å². The van der Waals surface area contributed by atoms with Crippen molar-refractivity contribution in [3.05, 3.63) is 46.7 Å². The van der Waals surface area contributed by atoms with Crippen LogP contribution in [0.5, 0.6) is 0 Å². The Morgan fingerprint density at radius 2 is 2.17 bits per heavy atom. The zero-order valence-electron chi connectivity index (χ0n) is 10.9. The average Bonchev–Trinajstić information content (AvgIpc) is 2.78. The summed E-state index contributed by atoms with van der Waals surface area (Å²) in [5, 5.41) is 8.53. The summed E-state index contributed by atoms with van der Waals surface area (Å²) in [6, 6.07) is 6.33. The monoisotopic (exact) mass is 263 g/mol. The third kappa shape index (κ3) is 2.92. The standard InChI is InChI=1S/C14H18ClN3/c1-10(2)16-7-12-8-17-18(9-12)14-6-4-5-13(15)11(14)3/h4-6,8-10,16H,7H2,1-3H3.